The summed E-state index contributed by atoms with van der Waals surface area (Å²) in [7, 11) is -1.19. The van der Waals surface area contributed by atoms with E-state index in [-0.39, 0.29) is 5.41 Å². The van der Waals surface area contributed by atoms with Gasteiger partial charge in [-0.2, -0.15) is 0 Å². The molecule has 0 saturated heterocycles. The highest BCUT2D eigenvalue weighted by Gasteiger charge is 2.45. The van der Waals surface area contributed by atoms with Crippen LogP contribution in [0.2, 0.25) is 25.2 Å². The van der Waals surface area contributed by atoms with Crippen molar-refractivity contribution >= 4 is 13.9 Å². The Bertz CT molecular complexity index is 244. The monoisotopic (exact) mass is 226 g/mol. The van der Waals surface area contributed by atoms with Gasteiger partial charge in [0.25, 0.3) is 0 Å². The Morgan fingerprint density at radius 1 is 1.20 bits per heavy atom. The molecular formula is C13H26OSi. The van der Waals surface area contributed by atoms with Crippen molar-refractivity contribution in [2.75, 3.05) is 0 Å². The van der Waals surface area contributed by atoms with Gasteiger partial charge in [0, 0.05) is 20.4 Å². The molecule has 0 aliphatic heterocycles. The maximum Gasteiger partial charge on any atom is 0.136 e. The summed E-state index contributed by atoms with van der Waals surface area (Å²) < 4.78 is 0. The van der Waals surface area contributed by atoms with Gasteiger partial charge >= 0.3 is 0 Å². The minimum Gasteiger partial charge on any atom is -0.299 e. The highest BCUT2D eigenvalue weighted by Crippen LogP contribution is 2.47. The summed E-state index contributed by atoms with van der Waals surface area (Å²) >= 11 is 0. The van der Waals surface area contributed by atoms with Crippen molar-refractivity contribution < 1.29 is 4.79 Å². The first-order valence-corrected chi connectivity index (χ1v) is 9.74. The van der Waals surface area contributed by atoms with Crippen LogP contribution in [0.15, 0.2) is 0 Å². The number of ketones is 1. The van der Waals surface area contributed by atoms with Gasteiger partial charge in [0.15, 0.2) is 0 Å². The molecule has 0 radical (unpaired) electrons. The van der Waals surface area contributed by atoms with Crippen molar-refractivity contribution in [1.82, 2.24) is 0 Å². The Kier molecular flexibility index (Phi) is 3.49. The molecule has 0 amide bonds. The summed E-state index contributed by atoms with van der Waals surface area (Å²) in [5.41, 5.74) is 0.848. The van der Waals surface area contributed by atoms with E-state index in [1.165, 1.54) is 6.42 Å². The van der Waals surface area contributed by atoms with Crippen LogP contribution in [0.4, 0.5) is 0 Å². The molecule has 15 heavy (non-hydrogen) atoms. The van der Waals surface area contributed by atoms with Crippen molar-refractivity contribution in [3.05, 3.63) is 0 Å². The van der Waals surface area contributed by atoms with Crippen LogP contribution in [0, 0.1) is 11.3 Å². The van der Waals surface area contributed by atoms with Crippen LogP contribution in [-0.4, -0.2) is 13.9 Å². The van der Waals surface area contributed by atoms with Crippen molar-refractivity contribution in [2.24, 2.45) is 11.3 Å². The Morgan fingerprint density at radius 2 is 1.73 bits per heavy atom. The number of hydrogen-bond donors (Lipinski definition) is 0. The average molecular weight is 226 g/mol. The van der Waals surface area contributed by atoms with Gasteiger partial charge in [-0.1, -0.05) is 46.8 Å². The van der Waals surface area contributed by atoms with Gasteiger partial charge in [0.1, 0.15) is 5.78 Å². The largest absolute Gasteiger partial charge is 0.299 e. The molecule has 1 fully saturated rings. The molecular weight excluding hydrogens is 200 g/mol. The van der Waals surface area contributed by atoms with Crippen molar-refractivity contribution in [1.29, 1.82) is 0 Å². The van der Waals surface area contributed by atoms with E-state index in [2.05, 4.69) is 40.4 Å². The predicted molar refractivity (Wildman–Crippen MR) is 68.9 cm³/mol. The fourth-order valence-corrected chi connectivity index (χ4v) is 5.82. The number of rotatable bonds is 1. The van der Waals surface area contributed by atoms with E-state index in [1.807, 2.05) is 0 Å². The molecule has 0 aromatic heterocycles. The molecule has 0 bridgehead atoms. The molecule has 0 aromatic carbocycles. The van der Waals surface area contributed by atoms with Crippen LogP contribution in [0.25, 0.3) is 0 Å². The number of carbonyl (C=O) groups excluding carboxylic acids is 1. The van der Waals surface area contributed by atoms with E-state index < -0.39 is 8.07 Å². The molecule has 88 valence electrons. The van der Waals surface area contributed by atoms with Gasteiger partial charge in [-0.05, 0) is 17.4 Å². The maximum absolute atomic E-state index is 12.1. The molecule has 0 N–H and O–H groups in total. The number of hydrogen-bond acceptors (Lipinski definition) is 1. The van der Waals surface area contributed by atoms with E-state index in [1.54, 1.807) is 0 Å². The fraction of sp³-hybridized carbons (Fsp3) is 0.923. The smallest absolute Gasteiger partial charge is 0.136 e. The summed E-state index contributed by atoms with van der Waals surface area (Å²) in [5.74, 6) is 0.846. The van der Waals surface area contributed by atoms with Gasteiger partial charge in [-0.25, -0.2) is 0 Å². The summed E-state index contributed by atoms with van der Waals surface area (Å²) in [5, 5.41) is 0. The number of carbonyl (C=O) groups is 1. The summed E-state index contributed by atoms with van der Waals surface area (Å²) in [6, 6.07) is 0. The molecule has 2 heteroatoms. The Morgan fingerprint density at radius 3 is 2.07 bits per heavy atom. The molecule has 2 atom stereocenters. The molecule has 1 aliphatic rings. The normalized spacial score (nSPS) is 29.3. The fourth-order valence-electron chi connectivity index (χ4n) is 3.06. The quantitative estimate of drug-likeness (QED) is 0.615. The zero-order valence-corrected chi connectivity index (χ0v) is 12.2. The van der Waals surface area contributed by atoms with E-state index >= 15 is 0 Å². The van der Waals surface area contributed by atoms with Crippen molar-refractivity contribution in [2.45, 2.75) is 65.2 Å². The number of Topliss-reactive ketones (excluding diaryl/α,β-unsaturated/α-hetero) is 1. The van der Waals surface area contributed by atoms with Gasteiger partial charge < -0.3 is 0 Å². The van der Waals surface area contributed by atoms with Crippen LogP contribution in [0.1, 0.15) is 40.0 Å². The third-order valence-corrected chi connectivity index (χ3v) is 6.58. The minimum atomic E-state index is -1.19. The Balaban J connectivity index is 2.98. The topological polar surface area (TPSA) is 17.1 Å². The molecule has 0 heterocycles. The van der Waals surface area contributed by atoms with Crippen LogP contribution in [-0.2, 0) is 4.79 Å². The zero-order chi connectivity index (χ0) is 11.9. The average Bonchev–Trinajstić information content (AvgIpc) is 1.99. The molecule has 1 aliphatic carbocycles. The molecule has 1 rings (SSSR count). The zero-order valence-electron chi connectivity index (χ0n) is 11.2. The standard InChI is InChI=1S/C13H26OSi/c1-13(2,3)12-10(14)8-7-9-11(12)15(4,5)6/h11-12H,7-9H2,1-6H3/t11-,12-/m0/s1. The second kappa shape index (κ2) is 4.04. The van der Waals surface area contributed by atoms with Gasteiger partial charge in [0.2, 0.25) is 0 Å². The van der Waals surface area contributed by atoms with Gasteiger partial charge in [-0.15, -0.1) is 0 Å². The highest BCUT2D eigenvalue weighted by atomic mass is 28.3. The van der Waals surface area contributed by atoms with Crippen molar-refractivity contribution in [3.8, 4) is 0 Å². The summed E-state index contributed by atoms with van der Waals surface area (Å²) in [4.78, 5) is 12.1. The molecule has 1 saturated carbocycles. The third-order valence-electron chi connectivity index (χ3n) is 3.73. The van der Waals surface area contributed by atoms with Crippen LogP contribution < -0.4 is 0 Å². The second-order valence-corrected chi connectivity index (χ2v) is 12.6. The van der Waals surface area contributed by atoms with Crippen LogP contribution in [0.3, 0.4) is 0 Å². The Labute approximate surface area is 95.7 Å². The molecule has 1 nitrogen and oxygen atoms in total. The minimum absolute atomic E-state index is 0.155. The first kappa shape index (κ1) is 13.0. The van der Waals surface area contributed by atoms with Crippen molar-refractivity contribution in [3.63, 3.8) is 0 Å². The lowest BCUT2D eigenvalue weighted by Crippen LogP contribution is -2.44. The Hall–Kier alpha value is -0.113. The first-order chi connectivity index (χ1) is 6.64. The highest BCUT2D eigenvalue weighted by molar-refractivity contribution is 6.77. The second-order valence-electron chi connectivity index (χ2n) is 7.17. The molecule has 0 aromatic rings. The third kappa shape index (κ3) is 2.93. The molecule has 0 unspecified atom stereocenters. The first-order valence-electron chi connectivity index (χ1n) is 6.17. The summed E-state index contributed by atoms with van der Waals surface area (Å²) in [6.07, 6.45) is 3.23. The predicted octanol–water partition coefficient (Wildman–Crippen LogP) is 4.11. The van der Waals surface area contributed by atoms with E-state index in [4.69, 9.17) is 0 Å². The van der Waals surface area contributed by atoms with Gasteiger partial charge in [0.05, 0.1) is 0 Å². The summed E-state index contributed by atoms with van der Waals surface area (Å²) in [6.45, 7) is 13.9. The van der Waals surface area contributed by atoms with Gasteiger partial charge in [-0.3, -0.25) is 4.79 Å². The maximum atomic E-state index is 12.1. The lowest BCUT2D eigenvalue weighted by atomic mass is 9.71. The lowest BCUT2D eigenvalue weighted by Gasteiger charge is -2.44. The van der Waals surface area contributed by atoms with E-state index in [0.29, 0.717) is 17.2 Å². The van der Waals surface area contributed by atoms with Crippen LogP contribution >= 0.6 is 0 Å². The molecule has 0 spiro atoms. The van der Waals surface area contributed by atoms with E-state index in [0.717, 1.165) is 12.8 Å². The van der Waals surface area contributed by atoms with E-state index in [9.17, 15) is 4.79 Å². The SMILES string of the molecule is CC(C)(C)[C@H]1C(=O)CCC[C@@H]1[Si](C)(C)C. The lowest BCUT2D eigenvalue weighted by molar-refractivity contribution is -0.128. The van der Waals surface area contributed by atoms with Crippen LogP contribution in [0.5, 0.6) is 0 Å².